The summed E-state index contributed by atoms with van der Waals surface area (Å²) in [5.74, 6) is 0.883. The van der Waals surface area contributed by atoms with Crippen molar-refractivity contribution < 1.29 is 18.5 Å². The van der Waals surface area contributed by atoms with E-state index in [1.165, 1.54) is 89.9 Å². The van der Waals surface area contributed by atoms with Gasteiger partial charge >= 0.3 is 7.82 Å². The molecule has 0 saturated carbocycles. The van der Waals surface area contributed by atoms with Gasteiger partial charge < -0.3 is 9.05 Å². The van der Waals surface area contributed by atoms with Gasteiger partial charge in [0.1, 0.15) is 11.5 Å². The molecule has 4 nitrogen and oxygen atoms in total. The van der Waals surface area contributed by atoms with E-state index in [-0.39, 0.29) is 0 Å². The van der Waals surface area contributed by atoms with Gasteiger partial charge in [-0.05, 0) is 48.9 Å². The fourth-order valence-electron chi connectivity index (χ4n) is 4.76. The molecule has 2 aromatic rings. The first-order chi connectivity index (χ1) is 18.1. The number of phosphoric ester groups is 1. The van der Waals surface area contributed by atoms with Crippen molar-refractivity contribution in [3.63, 3.8) is 0 Å². The highest BCUT2D eigenvalue weighted by Gasteiger charge is 2.27. The maximum atomic E-state index is 13.0. The fraction of sp³-hybridized carbons (Fsp3) is 0.625. The molecule has 1 N–H and O–H groups in total. The van der Waals surface area contributed by atoms with Crippen molar-refractivity contribution in [3.05, 3.63) is 59.7 Å². The van der Waals surface area contributed by atoms with E-state index in [0.717, 1.165) is 36.8 Å². The summed E-state index contributed by atoms with van der Waals surface area (Å²) in [6.07, 6.45) is 21.7. The lowest BCUT2D eigenvalue weighted by Crippen LogP contribution is -2.03. The van der Waals surface area contributed by atoms with Crippen LogP contribution < -0.4 is 9.05 Å². The molecule has 0 aliphatic carbocycles. The van der Waals surface area contributed by atoms with Gasteiger partial charge in [-0.3, -0.25) is 4.89 Å². The molecule has 208 valence electrons. The normalized spacial score (nSPS) is 11.5. The van der Waals surface area contributed by atoms with Crippen LogP contribution in [0.25, 0.3) is 0 Å². The summed E-state index contributed by atoms with van der Waals surface area (Å²) in [6.45, 7) is 4.49. The maximum Gasteiger partial charge on any atom is 0.584 e. The zero-order valence-corrected chi connectivity index (χ0v) is 24.4. The molecule has 0 amide bonds. The zero-order chi connectivity index (χ0) is 26.6. The van der Waals surface area contributed by atoms with E-state index < -0.39 is 7.82 Å². The van der Waals surface area contributed by atoms with Gasteiger partial charge in [-0.1, -0.05) is 140 Å². The number of aryl methyl sites for hydroxylation is 2. The van der Waals surface area contributed by atoms with Crippen molar-refractivity contribution in [2.75, 3.05) is 0 Å². The van der Waals surface area contributed by atoms with Crippen molar-refractivity contribution in [1.29, 1.82) is 0 Å². The number of unbranched alkanes of at least 4 members (excludes halogenated alkanes) is 14. The van der Waals surface area contributed by atoms with Crippen molar-refractivity contribution in [3.8, 4) is 11.5 Å². The van der Waals surface area contributed by atoms with Gasteiger partial charge in [0.2, 0.25) is 0 Å². The van der Waals surface area contributed by atoms with Gasteiger partial charge in [-0.25, -0.2) is 4.57 Å². The van der Waals surface area contributed by atoms with Crippen molar-refractivity contribution >= 4 is 7.82 Å². The molecule has 0 saturated heterocycles. The summed E-state index contributed by atoms with van der Waals surface area (Å²) in [4.78, 5) is 10.6. The highest BCUT2D eigenvalue weighted by Crippen LogP contribution is 2.46. The van der Waals surface area contributed by atoms with Crippen molar-refractivity contribution in [1.82, 2.24) is 0 Å². The Labute approximate surface area is 226 Å². The summed E-state index contributed by atoms with van der Waals surface area (Å²) < 4.78 is 24.2. The SMILES string of the molecule is CCCCCCCCCCc1ccccc1OP(=O)(O)Oc1ccccc1CCCCCCCCCC. The maximum absolute atomic E-state index is 13.0. The number of phosphoric acid groups is 1. The van der Waals surface area contributed by atoms with Crippen LogP contribution in [0.15, 0.2) is 48.5 Å². The molecule has 0 heterocycles. The quantitative estimate of drug-likeness (QED) is 0.121. The minimum atomic E-state index is -4.31. The van der Waals surface area contributed by atoms with Crippen LogP contribution in [0.2, 0.25) is 0 Å². The molecular formula is C32H51O4P. The van der Waals surface area contributed by atoms with Crippen LogP contribution in [0.5, 0.6) is 11.5 Å². The molecule has 2 aromatic carbocycles. The number of benzene rings is 2. The van der Waals surface area contributed by atoms with Gasteiger partial charge in [0.15, 0.2) is 0 Å². The number of hydrogen-bond donors (Lipinski definition) is 1. The molecule has 0 unspecified atom stereocenters. The molecular weight excluding hydrogens is 479 g/mol. The highest BCUT2D eigenvalue weighted by atomic mass is 31.2. The van der Waals surface area contributed by atoms with Crippen LogP contribution in [0.1, 0.15) is 128 Å². The molecule has 37 heavy (non-hydrogen) atoms. The average molecular weight is 531 g/mol. The van der Waals surface area contributed by atoms with E-state index >= 15 is 0 Å². The minimum Gasteiger partial charge on any atom is -0.395 e. The number of hydrogen-bond acceptors (Lipinski definition) is 3. The molecule has 0 aliphatic rings. The van der Waals surface area contributed by atoms with Crippen molar-refractivity contribution in [2.24, 2.45) is 0 Å². The summed E-state index contributed by atoms with van der Waals surface area (Å²) in [7, 11) is -4.31. The van der Waals surface area contributed by atoms with Gasteiger partial charge in [0.25, 0.3) is 0 Å². The van der Waals surface area contributed by atoms with E-state index in [1.54, 1.807) is 12.1 Å². The molecule has 0 radical (unpaired) electrons. The topological polar surface area (TPSA) is 55.8 Å². The molecule has 5 heteroatoms. The monoisotopic (exact) mass is 530 g/mol. The van der Waals surface area contributed by atoms with Gasteiger partial charge in [0, 0.05) is 0 Å². The first-order valence-electron chi connectivity index (χ1n) is 14.9. The van der Waals surface area contributed by atoms with E-state index in [2.05, 4.69) is 13.8 Å². The van der Waals surface area contributed by atoms with E-state index in [1.807, 2.05) is 36.4 Å². The zero-order valence-electron chi connectivity index (χ0n) is 23.5. The Balaban J connectivity index is 1.82. The van der Waals surface area contributed by atoms with Crippen LogP contribution in [-0.4, -0.2) is 4.89 Å². The van der Waals surface area contributed by atoms with E-state index in [9.17, 15) is 9.46 Å². The largest absolute Gasteiger partial charge is 0.584 e. The third-order valence-electron chi connectivity index (χ3n) is 6.97. The number of para-hydroxylation sites is 2. The molecule has 0 atom stereocenters. The highest BCUT2D eigenvalue weighted by molar-refractivity contribution is 7.48. The fourth-order valence-corrected chi connectivity index (χ4v) is 5.66. The Morgan fingerprint density at radius 3 is 1.24 bits per heavy atom. The summed E-state index contributed by atoms with van der Waals surface area (Å²) in [5.41, 5.74) is 1.91. The van der Waals surface area contributed by atoms with Gasteiger partial charge in [-0.15, -0.1) is 0 Å². The molecule has 0 fully saturated rings. The van der Waals surface area contributed by atoms with Crippen molar-refractivity contribution in [2.45, 2.75) is 129 Å². The lowest BCUT2D eigenvalue weighted by molar-refractivity contribution is 0.288. The third-order valence-corrected chi connectivity index (χ3v) is 7.83. The third kappa shape index (κ3) is 14.1. The van der Waals surface area contributed by atoms with Gasteiger partial charge in [-0.2, -0.15) is 0 Å². The summed E-state index contributed by atoms with van der Waals surface area (Å²) in [5, 5.41) is 0. The summed E-state index contributed by atoms with van der Waals surface area (Å²) in [6, 6.07) is 15.1. The van der Waals surface area contributed by atoms with Crippen LogP contribution in [0, 0.1) is 0 Å². The molecule has 0 bridgehead atoms. The minimum absolute atomic E-state index is 0.442. The second-order valence-electron chi connectivity index (χ2n) is 10.3. The van der Waals surface area contributed by atoms with Gasteiger partial charge in [0.05, 0.1) is 0 Å². The Morgan fingerprint density at radius 2 is 0.865 bits per heavy atom. The molecule has 0 aliphatic heterocycles. The van der Waals surface area contributed by atoms with Crippen LogP contribution in [0.4, 0.5) is 0 Å². The predicted octanol–water partition coefficient (Wildman–Crippen LogP) is 10.6. The predicted molar refractivity (Wildman–Crippen MR) is 157 cm³/mol. The van der Waals surface area contributed by atoms with E-state index in [4.69, 9.17) is 9.05 Å². The van der Waals surface area contributed by atoms with Crippen LogP contribution >= 0.6 is 7.82 Å². The second-order valence-corrected chi connectivity index (χ2v) is 11.6. The van der Waals surface area contributed by atoms with Crippen LogP contribution in [-0.2, 0) is 17.4 Å². The Bertz CT molecular complexity index is 828. The standard InChI is InChI=1S/C32H51O4P/c1-3-5-7-9-11-13-15-17-23-29-25-19-21-27-31(29)35-37(33,34)36-32-28-22-20-26-30(32)24-18-16-14-12-10-8-6-4-2/h19-22,25-28H,3-18,23-24H2,1-2H3,(H,33,34). The Morgan fingerprint density at radius 1 is 0.541 bits per heavy atom. The lowest BCUT2D eigenvalue weighted by Gasteiger charge is -2.18. The first kappa shape index (κ1) is 31.4. The first-order valence-corrected chi connectivity index (χ1v) is 16.4. The molecule has 2 rings (SSSR count). The Hall–Kier alpha value is -1.77. The lowest BCUT2D eigenvalue weighted by atomic mass is 10.0. The number of rotatable bonds is 22. The summed E-state index contributed by atoms with van der Waals surface area (Å²) >= 11 is 0. The average Bonchev–Trinajstić information content (AvgIpc) is 2.88. The Kier molecular flexibility index (Phi) is 16.4. The van der Waals surface area contributed by atoms with E-state index in [0.29, 0.717) is 11.5 Å². The molecule has 0 spiro atoms. The van der Waals surface area contributed by atoms with Crippen LogP contribution in [0.3, 0.4) is 0 Å². The smallest absolute Gasteiger partial charge is 0.395 e. The molecule has 0 aromatic heterocycles. The second kappa shape index (κ2) is 19.3.